The van der Waals surface area contributed by atoms with Crippen molar-refractivity contribution in [1.29, 1.82) is 0 Å². The van der Waals surface area contributed by atoms with Crippen molar-refractivity contribution in [2.75, 3.05) is 32.9 Å². The van der Waals surface area contributed by atoms with Gasteiger partial charge in [0, 0.05) is 6.54 Å². The zero-order valence-electron chi connectivity index (χ0n) is 29.3. The molecule has 8 heteroatoms. The lowest BCUT2D eigenvalue weighted by Crippen LogP contribution is -2.51. The molecule has 3 saturated carbocycles. The van der Waals surface area contributed by atoms with Gasteiger partial charge in [0.25, 0.3) is 0 Å². The molecule has 4 rings (SSSR count). The molecule has 8 atom stereocenters. The normalized spacial score (nSPS) is 32.9. The number of nitrogens with zero attached hydrogens (tertiary/aromatic N) is 1. The molecule has 4 aliphatic rings. The number of hydrogen-bond acceptors (Lipinski definition) is 6. The Bertz CT molecular complexity index is 1040. The van der Waals surface area contributed by atoms with Crippen LogP contribution in [0, 0.1) is 46.3 Å². The second-order valence-electron chi connectivity index (χ2n) is 15.4. The lowest BCUT2D eigenvalue weighted by molar-refractivity contribution is -0.122. The summed E-state index contributed by atoms with van der Waals surface area (Å²) in [7, 11) is 0. The van der Waals surface area contributed by atoms with E-state index in [0.29, 0.717) is 23.5 Å². The Kier molecular flexibility index (Phi) is 12.4. The fourth-order valence-corrected chi connectivity index (χ4v) is 10.0. The summed E-state index contributed by atoms with van der Waals surface area (Å²) in [6.45, 7) is 16.2. The molecule has 0 aromatic rings. The van der Waals surface area contributed by atoms with E-state index in [1.54, 1.807) is 19.4 Å². The number of amides is 3. The first kappa shape index (κ1) is 35.8. The Morgan fingerprint density at radius 1 is 0.956 bits per heavy atom. The van der Waals surface area contributed by atoms with Crippen molar-refractivity contribution in [2.24, 2.45) is 46.3 Å². The summed E-state index contributed by atoms with van der Waals surface area (Å²) in [6.07, 6.45) is 15.1. The lowest BCUT2D eigenvalue weighted by Gasteiger charge is -2.58. The van der Waals surface area contributed by atoms with Crippen LogP contribution in [0.2, 0.25) is 0 Å². The van der Waals surface area contributed by atoms with Crippen LogP contribution < -0.4 is 5.32 Å². The fourth-order valence-electron chi connectivity index (χ4n) is 10.0. The number of imide groups is 1. The molecule has 4 aliphatic carbocycles. The quantitative estimate of drug-likeness (QED) is 0.163. The number of allylic oxidation sites excluding steroid dienone is 1. The van der Waals surface area contributed by atoms with E-state index in [9.17, 15) is 14.4 Å². The molecule has 3 amide bonds. The smallest absolute Gasteiger partial charge is 0.419 e. The first-order valence-electron chi connectivity index (χ1n) is 18.1. The maximum Gasteiger partial charge on any atom is 0.419 e. The third-order valence-electron chi connectivity index (χ3n) is 12.3. The molecule has 256 valence electrons. The van der Waals surface area contributed by atoms with Crippen molar-refractivity contribution in [3.63, 3.8) is 0 Å². The van der Waals surface area contributed by atoms with Crippen molar-refractivity contribution in [3.05, 3.63) is 11.6 Å². The SMILES string of the molecule is CCOC(=O)N(CC(=O)NCCO[C@H]1CC[C@@]2(C)C(=CC[C@@H]3[C@@H]2CC[C@]2(C)C([C@H](C)CCCC(C)C)CC[C@@H]32)C1)C(=O)OCC. The van der Waals surface area contributed by atoms with Crippen LogP contribution in [0.1, 0.15) is 119 Å². The van der Waals surface area contributed by atoms with Gasteiger partial charge >= 0.3 is 12.2 Å². The number of rotatable bonds is 13. The maximum absolute atomic E-state index is 12.5. The Labute approximate surface area is 272 Å². The monoisotopic (exact) mass is 630 g/mol. The van der Waals surface area contributed by atoms with Crippen LogP contribution in [0.3, 0.4) is 0 Å². The first-order valence-corrected chi connectivity index (χ1v) is 18.1. The van der Waals surface area contributed by atoms with Crippen LogP contribution in [-0.2, 0) is 19.0 Å². The van der Waals surface area contributed by atoms with Gasteiger partial charge in [-0.3, -0.25) is 4.79 Å². The second-order valence-corrected chi connectivity index (χ2v) is 15.4. The Morgan fingerprint density at radius 3 is 2.33 bits per heavy atom. The third-order valence-corrected chi connectivity index (χ3v) is 12.3. The zero-order chi connectivity index (χ0) is 32.8. The standard InChI is InChI=1S/C37H62N2O6/c1-8-43-34(41)39(35(42)44-9-2)24-33(40)38-21-22-45-28-17-19-36(6)27(23-28)13-14-29-31-16-15-30(26(5)12-10-11-25(3)4)37(31,7)20-18-32(29)36/h13,25-26,28-32H,8-12,14-24H2,1-7H3,(H,38,40)/t26-,28+,29+,30?,31+,32+,36+,37-/m1/s1. The summed E-state index contributed by atoms with van der Waals surface area (Å²) in [4.78, 5) is 37.4. The number of carbonyl (C=O) groups excluding carboxylic acids is 3. The summed E-state index contributed by atoms with van der Waals surface area (Å²) >= 11 is 0. The topological polar surface area (TPSA) is 94.2 Å². The Balaban J connectivity index is 1.26. The molecule has 0 aromatic heterocycles. The minimum atomic E-state index is -0.891. The minimum Gasteiger partial charge on any atom is -0.449 e. The van der Waals surface area contributed by atoms with Gasteiger partial charge in [0.1, 0.15) is 6.54 Å². The average Bonchev–Trinajstić information content (AvgIpc) is 3.35. The molecule has 1 unspecified atom stereocenters. The van der Waals surface area contributed by atoms with Crippen LogP contribution in [0.25, 0.3) is 0 Å². The molecule has 0 radical (unpaired) electrons. The number of ether oxygens (including phenoxy) is 3. The van der Waals surface area contributed by atoms with Crippen molar-refractivity contribution in [3.8, 4) is 0 Å². The van der Waals surface area contributed by atoms with Gasteiger partial charge in [0.05, 0.1) is 25.9 Å². The molecule has 0 spiro atoms. The van der Waals surface area contributed by atoms with Gasteiger partial charge in [-0.2, -0.15) is 0 Å². The van der Waals surface area contributed by atoms with Crippen molar-refractivity contribution < 1.29 is 28.6 Å². The number of nitrogens with one attached hydrogen (secondary N) is 1. The summed E-state index contributed by atoms with van der Waals surface area (Å²) in [6, 6.07) is 0. The van der Waals surface area contributed by atoms with E-state index in [4.69, 9.17) is 14.2 Å². The Morgan fingerprint density at radius 2 is 1.67 bits per heavy atom. The molecule has 8 nitrogen and oxygen atoms in total. The highest BCUT2D eigenvalue weighted by atomic mass is 16.6. The van der Waals surface area contributed by atoms with Crippen molar-refractivity contribution >= 4 is 18.1 Å². The zero-order valence-corrected chi connectivity index (χ0v) is 29.3. The number of carbonyl (C=O) groups is 3. The molecule has 0 saturated heterocycles. The van der Waals surface area contributed by atoms with Crippen molar-refractivity contribution in [2.45, 2.75) is 125 Å². The molecule has 0 bridgehead atoms. The molecule has 0 aliphatic heterocycles. The number of hydrogen-bond donors (Lipinski definition) is 1. The van der Waals surface area contributed by atoms with Crippen LogP contribution in [-0.4, -0.2) is 62.0 Å². The van der Waals surface area contributed by atoms with E-state index >= 15 is 0 Å². The highest BCUT2D eigenvalue weighted by molar-refractivity contribution is 5.93. The minimum absolute atomic E-state index is 0.0981. The van der Waals surface area contributed by atoms with Gasteiger partial charge < -0.3 is 19.5 Å². The summed E-state index contributed by atoms with van der Waals surface area (Å²) in [5.41, 5.74) is 2.39. The Hall–Kier alpha value is -2.09. The second kappa shape index (κ2) is 15.7. The van der Waals surface area contributed by atoms with Crippen LogP contribution in [0.5, 0.6) is 0 Å². The summed E-state index contributed by atoms with van der Waals surface area (Å²) in [5, 5.41) is 2.76. The lowest BCUT2D eigenvalue weighted by atomic mass is 9.47. The molecule has 45 heavy (non-hydrogen) atoms. The highest BCUT2D eigenvalue weighted by Crippen LogP contribution is 2.67. The van der Waals surface area contributed by atoms with E-state index in [0.717, 1.165) is 48.3 Å². The van der Waals surface area contributed by atoms with E-state index in [-0.39, 0.29) is 24.7 Å². The number of fused-ring (bicyclic) bond motifs is 5. The van der Waals surface area contributed by atoms with E-state index < -0.39 is 24.6 Å². The van der Waals surface area contributed by atoms with Gasteiger partial charge in [0.15, 0.2) is 0 Å². The maximum atomic E-state index is 12.5. The third kappa shape index (κ3) is 8.08. The highest BCUT2D eigenvalue weighted by Gasteiger charge is 2.59. The molecular weight excluding hydrogens is 568 g/mol. The molecule has 0 aromatic carbocycles. The van der Waals surface area contributed by atoms with Crippen molar-refractivity contribution in [1.82, 2.24) is 10.2 Å². The van der Waals surface area contributed by atoms with Gasteiger partial charge in [0.2, 0.25) is 5.91 Å². The van der Waals surface area contributed by atoms with Gasteiger partial charge in [-0.25, -0.2) is 14.5 Å². The molecular formula is C37H62N2O6. The summed E-state index contributed by atoms with van der Waals surface area (Å²) in [5.74, 6) is 4.55. The predicted molar refractivity (Wildman–Crippen MR) is 177 cm³/mol. The van der Waals surface area contributed by atoms with Gasteiger partial charge in [-0.1, -0.05) is 65.5 Å². The summed E-state index contributed by atoms with van der Waals surface area (Å²) < 4.78 is 16.1. The predicted octanol–water partition coefficient (Wildman–Crippen LogP) is 8.14. The first-order chi connectivity index (χ1) is 21.4. The molecule has 3 fully saturated rings. The van der Waals surface area contributed by atoms with Crippen LogP contribution in [0.15, 0.2) is 11.6 Å². The fraction of sp³-hybridized carbons (Fsp3) is 0.865. The average molecular weight is 631 g/mol. The van der Waals surface area contributed by atoms with Gasteiger partial charge in [-0.05, 0) is 112 Å². The van der Waals surface area contributed by atoms with E-state index in [1.807, 2.05) is 0 Å². The largest absolute Gasteiger partial charge is 0.449 e. The van der Waals surface area contributed by atoms with Crippen LogP contribution in [0.4, 0.5) is 9.59 Å². The van der Waals surface area contributed by atoms with E-state index in [1.165, 1.54) is 57.8 Å². The molecule has 0 heterocycles. The van der Waals surface area contributed by atoms with Crippen LogP contribution >= 0.6 is 0 Å². The molecule has 1 N–H and O–H groups in total. The van der Waals surface area contributed by atoms with Gasteiger partial charge in [-0.15, -0.1) is 0 Å². The van der Waals surface area contributed by atoms with E-state index in [2.05, 4.69) is 46.0 Å².